The Bertz CT molecular complexity index is 372. The van der Waals surface area contributed by atoms with Crippen LogP contribution in [0.25, 0.3) is 0 Å². The Morgan fingerprint density at radius 2 is 2.40 bits per heavy atom. The van der Waals surface area contributed by atoms with Gasteiger partial charge in [0, 0.05) is 18.7 Å². The number of carbonyl (C=O) groups excluding carboxylic acids is 1. The molecule has 0 bridgehead atoms. The first kappa shape index (κ1) is 11.2. The average molecular weight is 212 g/mol. The third kappa shape index (κ3) is 3.06. The van der Waals surface area contributed by atoms with Crippen LogP contribution in [0, 0.1) is 10.1 Å². The van der Waals surface area contributed by atoms with E-state index in [2.05, 4.69) is 10.3 Å². The van der Waals surface area contributed by atoms with E-state index in [0.29, 0.717) is 6.54 Å². The molecule has 7 nitrogen and oxygen atoms in total. The van der Waals surface area contributed by atoms with Crippen molar-refractivity contribution in [3.05, 3.63) is 27.9 Å². The van der Waals surface area contributed by atoms with Gasteiger partial charge in [0.25, 0.3) is 5.91 Å². The largest absolute Gasteiger partial charge is 0.358 e. The first-order valence-corrected chi connectivity index (χ1v) is 4.38. The van der Waals surface area contributed by atoms with E-state index in [1.807, 2.05) is 0 Å². The van der Waals surface area contributed by atoms with Crippen molar-refractivity contribution in [1.82, 2.24) is 10.3 Å². The number of carbonyl (C=O) groups is 1. The quantitative estimate of drug-likeness (QED) is 0.481. The summed E-state index contributed by atoms with van der Waals surface area (Å²) in [5.41, 5.74) is 5.59. The van der Waals surface area contributed by atoms with Gasteiger partial charge in [0.2, 0.25) is 0 Å². The van der Waals surface area contributed by atoms with E-state index in [1.54, 1.807) is 6.92 Å². The molecular formula is C8H12N4O3. The Morgan fingerprint density at radius 1 is 1.73 bits per heavy atom. The molecule has 1 atom stereocenters. The fourth-order valence-electron chi connectivity index (χ4n) is 0.971. The van der Waals surface area contributed by atoms with Gasteiger partial charge in [-0.15, -0.1) is 0 Å². The van der Waals surface area contributed by atoms with Crippen LogP contribution in [0.2, 0.25) is 0 Å². The maximum Gasteiger partial charge on any atom is 0.321 e. The first-order chi connectivity index (χ1) is 7.00. The van der Waals surface area contributed by atoms with Gasteiger partial charge in [-0.1, -0.05) is 0 Å². The number of aromatic amines is 1. The van der Waals surface area contributed by atoms with Crippen LogP contribution in [0.4, 0.5) is 5.82 Å². The second-order valence-corrected chi connectivity index (χ2v) is 3.20. The van der Waals surface area contributed by atoms with E-state index in [1.165, 1.54) is 12.1 Å². The standard InChI is InChI=1S/C8H12N4O3/c1-5(9)4-10-8(13)6-2-3-7(11-6)12(14)15/h2-3,5,11H,4,9H2,1H3,(H,10,13). The Labute approximate surface area is 85.8 Å². The number of amides is 1. The van der Waals surface area contributed by atoms with Gasteiger partial charge in [0.1, 0.15) is 0 Å². The topological polar surface area (TPSA) is 114 Å². The van der Waals surface area contributed by atoms with Crippen LogP contribution < -0.4 is 11.1 Å². The molecule has 1 rings (SSSR count). The maximum absolute atomic E-state index is 11.4. The van der Waals surface area contributed by atoms with E-state index in [4.69, 9.17) is 5.73 Å². The molecule has 1 amide bonds. The Kier molecular flexibility index (Phi) is 3.40. The molecule has 0 aliphatic heterocycles. The minimum atomic E-state index is -0.595. The number of hydrogen-bond donors (Lipinski definition) is 3. The van der Waals surface area contributed by atoms with Crippen LogP contribution in [0.3, 0.4) is 0 Å². The SMILES string of the molecule is CC(N)CNC(=O)c1ccc([N+](=O)[O-])[nH]1. The highest BCUT2D eigenvalue weighted by Crippen LogP contribution is 2.09. The molecule has 0 saturated heterocycles. The Balaban J connectivity index is 2.62. The number of rotatable bonds is 4. The fraction of sp³-hybridized carbons (Fsp3) is 0.375. The minimum absolute atomic E-state index is 0.154. The van der Waals surface area contributed by atoms with Gasteiger partial charge < -0.3 is 21.2 Å². The summed E-state index contributed by atoms with van der Waals surface area (Å²) < 4.78 is 0. The highest BCUT2D eigenvalue weighted by molar-refractivity contribution is 5.92. The first-order valence-electron chi connectivity index (χ1n) is 4.38. The number of nitrogens with two attached hydrogens (primary N) is 1. The molecule has 7 heteroatoms. The van der Waals surface area contributed by atoms with Crippen molar-refractivity contribution in [3.63, 3.8) is 0 Å². The lowest BCUT2D eigenvalue weighted by Crippen LogP contribution is -2.35. The van der Waals surface area contributed by atoms with E-state index in [9.17, 15) is 14.9 Å². The summed E-state index contributed by atoms with van der Waals surface area (Å²) in [6, 6.07) is 2.44. The summed E-state index contributed by atoms with van der Waals surface area (Å²) in [6.45, 7) is 2.07. The third-order valence-corrected chi connectivity index (χ3v) is 1.70. The van der Waals surface area contributed by atoms with Crippen LogP contribution >= 0.6 is 0 Å². The van der Waals surface area contributed by atoms with E-state index in [0.717, 1.165) is 0 Å². The lowest BCUT2D eigenvalue weighted by atomic mass is 10.3. The van der Waals surface area contributed by atoms with Crippen molar-refractivity contribution in [1.29, 1.82) is 0 Å². The van der Waals surface area contributed by atoms with Crippen molar-refractivity contribution in [2.75, 3.05) is 6.54 Å². The minimum Gasteiger partial charge on any atom is -0.358 e. The van der Waals surface area contributed by atoms with Crippen LogP contribution in [0.15, 0.2) is 12.1 Å². The lowest BCUT2D eigenvalue weighted by molar-refractivity contribution is -0.389. The molecule has 1 aromatic rings. The number of nitrogens with zero attached hydrogens (tertiary/aromatic N) is 1. The van der Waals surface area contributed by atoms with Crippen LogP contribution in [0.1, 0.15) is 17.4 Å². The number of H-pyrrole nitrogens is 1. The van der Waals surface area contributed by atoms with Crippen LogP contribution in [-0.2, 0) is 0 Å². The molecule has 1 aromatic heterocycles. The summed E-state index contributed by atoms with van der Waals surface area (Å²) in [5, 5.41) is 12.9. The van der Waals surface area contributed by atoms with Crippen molar-refractivity contribution in [2.24, 2.45) is 5.73 Å². The van der Waals surface area contributed by atoms with Gasteiger partial charge in [0.05, 0.1) is 0 Å². The van der Waals surface area contributed by atoms with Crippen molar-refractivity contribution in [3.8, 4) is 0 Å². The molecule has 0 spiro atoms. The molecule has 15 heavy (non-hydrogen) atoms. The predicted molar refractivity (Wildman–Crippen MR) is 53.4 cm³/mol. The molecule has 82 valence electrons. The highest BCUT2D eigenvalue weighted by atomic mass is 16.6. The number of hydrogen-bond acceptors (Lipinski definition) is 4. The molecule has 0 radical (unpaired) electrons. The molecule has 0 aromatic carbocycles. The molecule has 0 aliphatic rings. The fourth-order valence-corrected chi connectivity index (χ4v) is 0.971. The summed E-state index contributed by atoms with van der Waals surface area (Å²) in [5.74, 6) is -0.610. The zero-order valence-corrected chi connectivity index (χ0v) is 8.19. The Morgan fingerprint density at radius 3 is 2.87 bits per heavy atom. The number of aromatic nitrogens is 1. The van der Waals surface area contributed by atoms with Crippen molar-refractivity contribution in [2.45, 2.75) is 13.0 Å². The summed E-state index contributed by atoms with van der Waals surface area (Å²) >= 11 is 0. The van der Waals surface area contributed by atoms with Crippen LogP contribution in [-0.4, -0.2) is 28.4 Å². The second-order valence-electron chi connectivity index (χ2n) is 3.20. The van der Waals surface area contributed by atoms with Gasteiger partial charge >= 0.3 is 5.82 Å². The normalized spacial score (nSPS) is 12.1. The Hall–Kier alpha value is -1.89. The average Bonchev–Trinajstić information content (AvgIpc) is 2.62. The van der Waals surface area contributed by atoms with E-state index in [-0.39, 0.29) is 17.6 Å². The number of nitro groups is 1. The molecule has 0 fully saturated rings. The molecular weight excluding hydrogens is 200 g/mol. The molecule has 1 heterocycles. The van der Waals surface area contributed by atoms with Gasteiger partial charge in [-0.2, -0.15) is 0 Å². The zero-order chi connectivity index (χ0) is 11.4. The number of nitrogens with one attached hydrogen (secondary N) is 2. The maximum atomic E-state index is 11.4. The summed E-state index contributed by atoms with van der Waals surface area (Å²) in [7, 11) is 0. The summed E-state index contributed by atoms with van der Waals surface area (Å²) in [4.78, 5) is 23.5. The van der Waals surface area contributed by atoms with Crippen molar-refractivity contribution < 1.29 is 9.72 Å². The van der Waals surface area contributed by atoms with Gasteiger partial charge in [0.15, 0.2) is 5.69 Å². The molecule has 0 saturated carbocycles. The van der Waals surface area contributed by atoms with E-state index >= 15 is 0 Å². The third-order valence-electron chi connectivity index (χ3n) is 1.70. The van der Waals surface area contributed by atoms with Crippen molar-refractivity contribution >= 4 is 11.7 Å². The van der Waals surface area contributed by atoms with Gasteiger partial charge in [-0.05, 0) is 17.9 Å². The predicted octanol–water partition coefficient (Wildman–Crippen LogP) is -0.000100. The highest BCUT2D eigenvalue weighted by Gasteiger charge is 2.14. The zero-order valence-electron chi connectivity index (χ0n) is 8.19. The van der Waals surface area contributed by atoms with E-state index < -0.39 is 10.8 Å². The monoisotopic (exact) mass is 212 g/mol. The van der Waals surface area contributed by atoms with Gasteiger partial charge in [-0.3, -0.25) is 4.79 Å². The molecule has 0 aliphatic carbocycles. The summed E-state index contributed by atoms with van der Waals surface area (Å²) in [6.07, 6.45) is 0. The van der Waals surface area contributed by atoms with Crippen LogP contribution in [0.5, 0.6) is 0 Å². The lowest BCUT2D eigenvalue weighted by Gasteiger charge is -2.04. The molecule has 4 N–H and O–H groups in total. The smallest absolute Gasteiger partial charge is 0.321 e. The molecule has 1 unspecified atom stereocenters. The van der Waals surface area contributed by atoms with Gasteiger partial charge in [-0.25, -0.2) is 4.98 Å². The second kappa shape index (κ2) is 4.56.